The van der Waals surface area contributed by atoms with E-state index in [1.807, 2.05) is 0 Å². The first kappa shape index (κ1) is 34.1. The molecule has 1 N–H and O–H groups in total. The van der Waals surface area contributed by atoms with Crippen LogP contribution in [0.25, 0.3) is 0 Å². The number of hydrogen-bond donors (Lipinski definition) is 1. The van der Waals surface area contributed by atoms with Crippen molar-refractivity contribution in [2.75, 3.05) is 13.1 Å². The summed E-state index contributed by atoms with van der Waals surface area (Å²) in [5, 5.41) is 11.3. The summed E-state index contributed by atoms with van der Waals surface area (Å²) in [6.45, 7) is 1.28. The highest BCUT2D eigenvalue weighted by Gasteiger charge is 2.57. The number of benzene rings is 1. The normalized spacial score (nSPS) is 21.7. The summed E-state index contributed by atoms with van der Waals surface area (Å²) < 4.78 is 103. The molecule has 3 atom stereocenters. The van der Waals surface area contributed by atoms with Gasteiger partial charge < -0.3 is 19.6 Å². The minimum Gasteiger partial charge on any atom is -0.479 e. The van der Waals surface area contributed by atoms with Crippen LogP contribution in [0, 0.1) is 5.82 Å². The number of aromatic nitrogens is 1. The molecule has 2 aliphatic heterocycles. The Morgan fingerprint density at radius 2 is 1.81 bits per heavy atom. The third-order valence-electron chi connectivity index (χ3n) is 8.35. The Balaban J connectivity index is 1.65. The molecule has 2 aliphatic rings. The number of thiophene rings is 1. The Labute approximate surface area is 267 Å². The smallest absolute Gasteiger partial charge is 0.425 e. The average molecular weight is 688 g/mol. The molecule has 2 aromatic heterocycles. The van der Waals surface area contributed by atoms with Gasteiger partial charge in [-0.3, -0.25) is 14.6 Å². The fraction of sp³-hybridized carbons (Fsp3) is 0.419. The molecule has 0 bridgehead atoms. The summed E-state index contributed by atoms with van der Waals surface area (Å²) in [7, 11) is 0. The van der Waals surface area contributed by atoms with E-state index in [4.69, 9.17) is 4.74 Å². The third-order valence-corrected chi connectivity index (χ3v) is 9.30. The van der Waals surface area contributed by atoms with Crippen LogP contribution in [0.15, 0.2) is 48.0 Å². The largest absolute Gasteiger partial charge is 0.479 e. The minimum absolute atomic E-state index is 0.0271. The lowest BCUT2D eigenvalue weighted by Gasteiger charge is -2.51. The molecule has 3 aromatic rings. The molecule has 0 saturated carbocycles. The van der Waals surface area contributed by atoms with Crippen molar-refractivity contribution in [3.63, 3.8) is 0 Å². The number of nitrogens with zero attached hydrogens (tertiary/aromatic N) is 3. The maximum Gasteiger partial charge on any atom is 0.425 e. The molecule has 252 valence electrons. The van der Waals surface area contributed by atoms with E-state index < -0.39 is 69.8 Å². The summed E-state index contributed by atoms with van der Waals surface area (Å²) in [4.78, 5) is 46.0. The summed E-state index contributed by atoms with van der Waals surface area (Å²) in [5.74, 6) is -4.64. The van der Waals surface area contributed by atoms with E-state index in [-0.39, 0.29) is 56.5 Å². The Hall–Kier alpha value is -4.21. The van der Waals surface area contributed by atoms with E-state index in [1.54, 1.807) is 6.92 Å². The molecule has 0 radical (unpaired) electrons. The van der Waals surface area contributed by atoms with Crippen LogP contribution in [0.4, 0.5) is 30.7 Å². The van der Waals surface area contributed by atoms with Gasteiger partial charge in [0.1, 0.15) is 22.1 Å². The van der Waals surface area contributed by atoms with Gasteiger partial charge in [-0.05, 0) is 54.7 Å². The monoisotopic (exact) mass is 687 g/mol. The van der Waals surface area contributed by atoms with Crippen molar-refractivity contribution in [1.29, 1.82) is 0 Å². The Morgan fingerprint density at radius 3 is 2.45 bits per heavy atom. The number of carbonyl (C=O) groups is 3. The quantitative estimate of drug-likeness (QED) is 0.276. The van der Waals surface area contributed by atoms with Crippen LogP contribution in [-0.4, -0.2) is 62.4 Å². The Kier molecular flexibility index (Phi) is 9.27. The number of pyridine rings is 1. The number of rotatable bonds is 7. The molecule has 1 fully saturated rings. The van der Waals surface area contributed by atoms with Gasteiger partial charge in [-0.25, -0.2) is 9.18 Å². The molecule has 1 unspecified atom stereocenters. The van der Waals surface area contributed by atoms with Crippen LogP contribution in [0.3, 0.4) is 0 Å². The molecule has 47 heavy (non-hydrogen) atoms. The average Bonchev–Trinajstić information content (AvgIpc) is 3.49. The summed E-state index contributed by atoms with van der Waals surface area (Å²) in [6, 6.07) is 2.78. The SMILES string of the molecule is CCC[C@H]1N(C(=O)c2ncccc2C(F)(F)F)CCC[C@@]1(Oc1csc(C(F)(F)F)c1)C(=O)N1CCc2cc(F)ccc2C1C(=O)O. The van der Waals surface area contributed by atoms with E-state index in [1.165, 1.54) is 6.07 Å². The van der Waals surface area contributed by atoms with Gasteiger partial charge in [-0.1, -0.05) is 19.4 Å². The number of carboxylic acid groups (broad SMARTS) is 1. The van der Waals surface area contributed by atoms with Gasteiger partial charge in [0.05, 0.1) is 11.6 Å². The second-order valence-electron chi connectivity index (χ2n) is 11.3. The molecule has 1 aromatic carbocycles. The molecule has 16 heteroatoms. The highest BCUT2D eigenvalue weighted by molar-refractivity contribution is 7.10. The number of halogens is 7. The molecule has 8 nitrogen and oxygen atoms in total. The van der Waals surface area contributed by atoms with Gasteiger partial charge >= 0.3 is 18.3 Å². The van der Waals surface area contributed by atoms with E-state index in [0.29, 0.717) is 29.0 Å². The Bertz CT molecular complexity index is 1680. The van der Waals surface area contributed by atoms with Crippen LogP contribution in [0.5, 0.6) is 5.75 Å². The number of ether oxygens (including phenoxy) is 1. The second kappa shape index (κ2) is 12.8. The fourth-order valence-corrected chi connectivity index (χ4v) is 7.08. The number of hydrogen-bond acceptors (Lipinski definition) is 6. The van der Waals surface area contributed by atoms with Gasteiger partial charge in [-0.15, -0.1) is 11.3 Å². The zero-order chi connectivity index (χ0) is 34.3. The third kappa shape index (κ3) is 6.51. The number of carbonyl (C=O) groups excluding carboxylic acids is 2. The summed E-state index contributed by atoms with van der Waals surface area (Å²) >= 11 is 0.292. The molecule has 5 rings (SSSR count). The number of alkyl halides is 6. The van der Waals surface area contributed by atoms with Crippen molar-refractivity contribution in [2.45, 2.75) is 69.1 Å². The summed E-state index contributed by atoms with van der Waals surface area (Å²) in [6.07, 6.45) is -8.71. The maximum absolute atomic E-state index is 14.8. The molecule has 0 aliphatic carbocycles. The molecule has 1 saturated heterocycles. The van der Waals surface area contributed by atoms with E-state index in [0.717, 1.165) is 39.6 Å². The topological polar surface area (TPSA) is 100 Å². The number of piperidine rings is 1. The van der Waals surface area contributed by atoms with E-state index >= 15 is 0 Å². The Morgan fingerprint density at radius 1 is 1.06 bits per heavy atom. The fourth-order valence-electron chi connectivity index (χ4n) is 6.40. The molecular weight excluding hydrogens is 659 g/mol. The lowest BCUT2D eigenvalue weighted by atomic mass is 9.78. The zero-order valence-electron chi connectivity index (χ0n) is 24.7. The van der Waals surface area contributed by atoms with Crippen molar-refractivity contribution >= 4 is 29.1 Å². The number of carboxylic acids is 1. The van der Waals surface area contributed by atoms with Gasteiger partial charge in [0.2, 0.25) is 5.60 Å². The molecule has 0 spiro atoms. The zero-order valence-corrected chi connectivity index (χ0v) is 25.5. The summed E-state index contributed by atoms with van der Waals surface area (Å²) in [5.41, 5.74) is -4.02. The van der Waals surface area contributed by atoms with Gasteiger partial charge in [0.15, 0.2) is 6.04 Å². The van der Waals surface area contributed by atoms with Crippen molar-refractivity contribution in [3.05, 3.63) is 81.1 Å². The number of amides is 2. The molecular formula is C31H28F7N3O5S. The van der Waals surface area contributed by atoms with Crippen LogP contribution in [0.2, 0.25) is 0 Å². The minimum atomic E-state index is -4.96. The van der Waals surface area contributed by atoms with Gasteiger partial charge in [-0.2, -0.15) is 26.3 Å². The van der Waals surface area contributed by atoms with Crippen LogP contribution in [-0.2, 0) is 28.4 Å². The van der Waals surface area contributed by atoms with Gasteiger partial charge in [0, 0.05) is 37.2 Å². The number of aliphatic carboxylic acids is 1. The highest BCUT2D eigenvalue weighted by atomic mass is 32.1. The van der Waals surface area contributed by atoms with Crippen molar-refractivity contribution in [1.82, 2.24) is 14.8 Å². The molecule has 4 heterocycles. The van der Waals surface area contributed by atoms with Crippen LogP contribution >= 0.6 is 11.3 Å². The predicted molar refractivity (Wildman–Crippen MR) is 153 cm³/mol. The second-order valence-corrected chi connectivity index (χ2v) is 12.2. The van der Waals surface area contributed by atoms with E-state index in [9.17, 15) is 50.2 Å². The van der Waals surface area contributed by atoms with E-state index in [2.05, 4.69) is 4.98 Å². The first-order valence-corrected chi connectivity index (χ1v) is 15.5. The van der Waals surface area contributed by atoms with Gasteiger partial charge in [0.25, 0.3) is 11.8 Å². The number of likely N-dealkylation sites (tertiary alicyclic amines) is 1. The predicted octanol–water partition coefficient (Wildman–Crippen LogP) is 6.75. The van der Waals surface area contributed by atoms with Crippen molar-refractivity contribution in [2.24, 2.45) is 0 Å². The van der Waals surface area contributed by atoms with Crippen LogP contribution < -0.4 is 4.74 Å². The molecule has 2 amide bonds. The number of fused-ring (bicyclic) bond motifs is 1. The first-order valence-electron chi connectivity index (χ1n) is 14.6. The lowest BCUT2D eigenvalue weighted by molar-refractivity contribution is -0.168. The highest BCUT2D eigenvalue weighted by Crippen LogP contribution is 2.44. The lowest BCUT2D eigenvalue weighted by Crippen LogP contribution is -2.69. The van der Waals surface area contributed by atoms with Crippen molar-refractivity contribution < 1.29 is 55.0 Å². The van der Waals surface area contributed by atoms with Crippen molar-refractivity contribution in [3.8, 4) is 5.75 Å². The van der Waals surface area contributed by atoms with Crippen LogP contribution in [0.1, 0.15) is 70.7 Å². The first-order chi connectivity index (χ1) is 22.1. The standard InChI is InChI=1S/C31H28F7N3O5S/c1-2-5-22-29(46-19-15-23(47-16-19)31(36,37)38,10-4-12-40(22)26(42)24-21(30(33,34)35)6-3-11-39-24)28(45)41-13-9-17-14-18(32)7-8-20(17)25(41)27(43)44/h3,6-8,11,14-16,22,25H,2,4-5,9-10,12-13H2,1H3,(H,43,44)/t22-,25?,29+/m1/s1. The maximum atomic E-state index is 14.8.